The number of nitrogens with one attached hydrogen (secondary N) is 3. The van der Waals surface area contributed by atoms with Crippen LogP contribution in [0.2, 0.25) is 0 Å². The lowest BCUT2D eigenvalue weighted by atomic mass is 9.91. The molecular formula is C28H35FN4O6. The van der Waals surface area contributed by atoms with Crippen molar-refractivity contribution in [2.75, 3.05) is 13.1 Å². The summed E-state index contributed by atoms with van der Waals surface area (Å²) in [6.07, 6.45) is 3.83. The SMILES string of the molecule is C[C@H](Oc1ccc(F)cc1)C(=O)N1C[C@@H]2CCC[C@@H]2[C@H]1C(=O)N[C@@H](C[C@@H]1CCNC1=O)C(=O)C(=O)NC1CC1. The molecule has 210 valence electrons. The van der Waals surface area contributed by atoms with Crippen LogP contribution in [0.3, 0.4) is 0 Å². The first-order valence-electron chi connectivity index (χ1n) is 13.9. The Labute approximate surface area is 226 Å². The highest BCUT2D eigenvalue weighted by Gasteiger charge is 2.51. The predicted molar refractivity (Wildman–Crippen MR) is 137 cm³/mol. The van der Waals surface area contributed by atoms with Crippen LogP contribution in [-0.4, -0.2) is 71.6 Å². The van der Waals surface area contributed by atoms with Gasteiger partial charge in [0.1, 0.15) is 17.6 Å². The van der Waals surface area contributed by atoms with Gasteiger partial charge in [0.05, 0.1) is 6.04 Å². The van der Waals surface area contributed by atoms with Gasteiger partial charge in [-0.2, -0.15) is 0 Å². The summed E-state index contributed by atoms with van der Waals surface area (Å²) >= 11 is 0. The number of amides is 4. The third kappa shape index (κ3) is 6.07. The van der Waals surface area contributed by atoms with Crippen molar-refractivity contribution in [2.45, 2.75) is 76.1 Å². The monoisotopic (exact) mass is 542 g/mol. The fraction of sp³-hybridized carbons (Fsp3) is 0.607. The van der Waals surface area contributed by atoms with Gasteiger partial charge in [0.15, 0.2) is 6.10 Å². The Bertz CT molecular complexity index is 1140. The Kier molecular flexibility index (Phi) is 7.86. The van der Waals surface area contributed by atoms with Crippen LogP contribution in [0, 0.1) is 23.6 Å². The van der Waals surface area contributed by atoms with Gasteiger partial charge in [0.2, 0.25) is 17.6 Å². The van der Waals surface area contributed by atoms with E-state index in [0.29, 0.717) is 25.3 Å². The van der Waals surface area contributed by atoms with Gasteiger partial charge in [-0.05, 0) is 81.5 Å². The molecule has 11 heteroatoms. The molecule has 0 spiro atoms. The van der Waals surface area contributed by atoms with E-state index in [4.69, 9.17) is 4.74 Å². The first-order chi connectivity index (χ1) is 18.7. The van der Waals surface area contributed by atoms with Gasteiger partial charge in [-0.3, -0.25) is 24.0 Å². The number of halogens is 1. The van der Waals surface area contributed by atoms with Crippen LogP contribution in [0.5, 0.6) is 5.75 Å². The summed E-state index contributed by atoms with van der Waals surface area (Å²) in [7, 11) is 0. The molecule has 4 aliphatic rings. The normalized spacial score (nSPS) is 27.3. The van der Waals surface area contributed by atoms with E-state index in [2.05, 4.69) is 16.0 Å². The van der Waals surface area contributed by atoms with Crippen LogP contribution in [0.1, 0.15) is 51.9 Å². The standard InChI is InChI=1S/C28H35FN4O6/c1-15(39-20-9-5-18(29)6-10-20)28(38)33-14-17-3-2-4-21(17)23(33)26(36)32-22(13-16-11-12-30-25(16)35)24(34)27(37)31-19-7-8-19/h5-6,9-10,15-17,19,21-23H,2-4,7-8,11-14H2,1H3,(H,30,35)(H,31,37)(H,32,36)/t15-,16-,17-,21-,22-,23-/m0/s1. The van der Waals surface area contributed by atoms with Gasteiger partial charge in [0.25, 0.3) is 11.8 Å². The highest BCUT2D eigenvalue weighted by atomic mass is 19.1. The van der Waals surface area contributed by atoms with Gasteiger partial charge >= 0.3 is 0 Å². The quantitative estimate of drug-likeness (QED) is 0.379. The van der Waals surface area contributed by atoms with Gasteiger partial charge in [-0.25, -0.2) is 4.39 Å². The lowest BCUT2D eigenvalue weighted by molar-refractivity contribution is -0.146. The van der Waals surface area contributed by atoms with E-state index >= 15 is 0 Å². The van der Waals surface area contributed by atoms with Crippen LogP contribution < -0.4 is 20.7 Å². The van der Waals surface area contributed by atoms with E-state index < -0.39 is 47.5 Å². The number of likely N-dealkylation sites (tertiary alicyclic amines) is 1. The molecule has 0 aromatic heterocycles. The zero-order valence-electron chi connectivity index (χ0n) is 22.0. The molecule has 2 aliphatic carbocycles. The van der Waals surface area contributed by atoms with E-state index in [9.17, 15) is 28.4 Å². The van der Waals surface area contributed by atoms with Crippen molar-refractivity contribution in [3.8, 4) is 5.75 Å². The molecule has 10 nitrogen and oxygen atoms in total. The smallest absolute Gasteiger partial charge is 0.289 e. The van der Waals surface area contributed by atoms with E-state index in [1.165, 1.54) is 29.2 Å². The maximum absolute atomic E-state index is 13.8. The second-order valence-corrected chi connectivity index (χ2v) is 11.2. The number of ketones is 1. The Hall–Kier alpha value is -3.50. The molecule has 2 saturated carbocycles. The zero-order valence-corrected chi connectivity index (χ0v) is 22.0. The first-order valence-corrected chi connectivity index (χ1v) is 13.9. The minimum atomic E-state index is -1.17. The molecule has 2 heterocycles. The molecule has 1 aromatic rings. The van der Waals surface area contributed by atoms with E-state index in [1.54, 1.807) is 6.92 Å². The molecule has 0 bridgehead atoms. The fourth-order valence-corrected chi connectivity index (χ4v) is 6.15. The Morgan fingerprint density at radius 1 is 1.10 bits per heavy atom. The highest BCUT2D eigenvalue weighted by Crippen LogP contribution is 2.42. The van der Waals surface area contributed by atoms with Crippen molar-refractivity contribution in [2.24, 2.45) is 17.8 Å². The number of ether oxygens (including phenoxy) is 1. The number of carbonyl (C=O) groups is 5. The number of hydrogen-bond donors (Lipinski definition) is 3. The number of nitrogens with zero attached hydrogens (tertiary/aromatic N) is 1. The van der Waals surface area contributed by atoms with Gasteiger partial charge in [-0.1, -0.05) is 6.42 Å². The van der Waals surface area contributed by atoms with Crippen molar-refractivity contribution in [1.29, 1.82) is 0 Å². The largest absolute Gasteiger partial charge is 0.481 e. The third-order valence-electron chi connectivity index (χ3n) is 8.37. The number of carbonyl (C=O) groups excluding carboxylic acids is 5. The van der Waals surface area contributed by atoms with E-state index in [-0.39, 0.29) is 36.1 Å². The third-order valence-corrected chi connectivity index (χ3v) is 8.37. The second-order valence-electron chi connectivity index (χ2n) is 11.2. The van der Waals surface area contributed by atoms with Gasteiger partial charge in [-0.15, -0.1) is 0 Å². The minimum Gasteiger partial charge on any atom is -0.481 e. The molecule has 1 aromatic carbocycles. The van der Waals surface area contributed by atoms with Crippen molar-refractivity contribution in [3.63, 3.8) is 0 Å². The summed E-state index contributed by atoms with van der Waals surface area (Å²) in [6.45, 7) is 2.46. The molecule has 2 aliphatic heterocycles. The van der Waals surface area contributed by atoms with Crippen molar-refractivity contribution < 1.29 is 33.1 Å². The number of rotatable bonds is 10. The lowest BCUT2D eigenvalue weighted by Gasteiger charge is -2.31. The minimum absolute atomic E-state index is 0.0212. The maximum atomic E-state index is 13.8. The highest BCUT2D eigenvalue weighted by molar-refractivity contribution is 6.38. The molecule has 4 amide bonds. The molecule has 5 rings (SSSR count). The first kappa shape index (κ1) is 27.1. The molecule has 0 radical (unpaired) electrons. The summed E-state index contributed by atoms with van der Waals surface area (Å²) in [6, 6.07) is 3.33. The average Bonchev–Trinajstić information content (AvgIpc) is 3.27. The molecule has 39 heavy (non-hydrogen) atoms. The number of Topliss-reactive ketones (excluding diaryl/α,β-unsaturated/α-hetero) is 1. The number of hydrogen-bond acceptors (Lipinski definition) is 6. The van der Waals surface area contributed by atoms with Crippen LogP contribution in [-0.2, 0) is 24.0 Å². The van der Waals surface area contributed by atoms with Crippen LogP contribution in [0.15, 0.2) is 24.3 Å². The Morgan fingerprint density at radius 2 is 1.85 bits per heavy atom. The molecule has 0 unspecified atom stereocenters. The molecule has 6 atom stereocenters. The van der Waals surface area contributed by atoms with E-state index in [0.717, 1.165) is 32.1 Å². The Morgan fingerprint density at radius 3 is 2.51 bits per heavy atom. The second kappa shape index (κ2) is 11.3. The summed E-state index contributed by atoms with van der Waals surface area (Å²) in [5.41, 5.74) is 0. The molecule has 4 fully saturated rings. The van der Waals surface area contributed by atoms with Crippen molar-refractivity contribution >= 4 is 29.4 Å². The predicted octanol–water partition coefficient (Wildman–Crippen LogP) is 1.08. The number of fused-ring (bicyclic) bond motifs is 1. The van der Waals surface area contributed by atoms with Crippen molar-refractivity contribution in [1.82, 2.24) is 20.9 Å². The van der Waals surface area contributed by atoms with Gasteiger partial charge in [0, 0.05) is 25.0 Å². The summed E-state index contributed by atoms with van der Waals surface area (Å²) in [5, 5.41) is 8.17. The Balaban J connectivity index is 1.32. The van der Waals surface area contributed by atoms with Gasteiger partial charge < -0.3 is 25.6 Å². The summed E-state index contributed by atoms with van der Waals surface area (Å²) < 4.78 is 19.0. The van der Waals surface area contributed by atoms with Crippen LogP contribution in [0.25, 0.3) is 0 Å². The molecule has 3 N–H and O–H groups in total. The molecule has 2 saturated heterocycles. The lowest BCUT2D eigenvalue weighted by Crippen LogP contribution is -2.56. The van der Waals surface area contributed by atoms with Crippen LogP contribution >= 0.6 is 0 Å². The fourth-order valence-electron chi connectivity index (χ4n) is 6.15. The average molecular weight is 543 g/mol. The zero-order chi connectivity index (χ0) is 27.7. The topological polar surface area (TPSA) is 134 Å². The summed E-state index contributed by atoms with van der Waals surface area (Å²) in [4.78, 5) is 66.8. The molecular weight excluding hydrogens is 507 g/mol. The van der Waals surface area contributed by atoms with Crippen LogP contribution in [0.4, 0.5) is 4.39 Å². The maximum Gasteiger partial charge on any atom is 0.289 e. The van der Waals surface area contributed by atoms with Crippen molar-refractivity contribution in [3.05, 3.63) is 30.1 Å². The summed E-state index contributed by atoms with van der Waals surface area (Å²) in [5.74, 6) is -3.12. The number of benzene rings is 1. The van der Waals surface area contributed by atoms with E-state index in [1.807, 2.05) is 0 Å².